The summed E-state index contributed by atoms with van der Waals surface area (Å²) in [6.45, 7) is 7.46. The van der Waals surface area contributed by atoms with Crippen molar-refractivity contribution in [2.75, 3.05) is 12.4 Å². The fourth-order valence-corrected chi connectivity index (χ4v) is 3.79. The van der Waals surface area contributed by atoms with Crippen LogP contribution in [0.5, 0.6) is 0 Å². The predicted octanol–water partition coefficient (Wildman–Crippen LogP) is 6.34. The van der Waals surface area contributed by atoms with Gasteiger partial charge in [-0.3, -0.25) is 4.79 Å². The summed E-state index contributed by atoms with van der Waals surface area (Å²) in [6.07, 6.45) is 0. The van der Waals surface area contributed by atoms with Gasteiger partial charge in [-0.25, -0.2) is 4.79 Å². The first-order valence-electron chi connectivity index (χ1n) is 10.8. The van der Waals surface area contributed by atoms with Gasteiger partial charge in [-0.2, -0.15) is 0 Å². The van der Waals surface area contributed by atoms with Crippen molar-refractivity contribution in [3.63, 3.8) is 0 Å². The van der Waals surface area contributed by atoms with E-state index in [4.69, 9.17) is 11.6 Å². The molecule has 6 heteroatoms. The number of carboxylic acid groups (broad SMARTS) is 1. The first kappa shape index (κ1) is 24.3. The SMILES string of the molecule is Cc1cc(C(C)Nc2cccc(-c3ccc(C(=O)N(C)[C@@H](C)C(=O)O)c(C)c3)c2)ccc1Cl. The lowest BCUT2D eigenvalue weighted by molar-refractivity contribution is -0.141. The van der Waals surface area contributed by atoms with E-state index in [0.29, 0.717) is 5.56 Å². The second-order valence-electron chi connectivity index (χ2n) is 8.42. The molecule has 2 atom stereocenters. The predicted molar refractivity (Wildman–Crippen MR) is 134 cm³/mol. The number of aliphatic carboxylic acids is 1. The number of carbonyl (C=O) groups is 2. The van der Waals surface area contributed by atoms with Crippen LogP contribution in [0.25, 0.3) is 11.1 Å². The highest BCUT2D eigenvalue weighted by Crippen LogP contribution is 2.28. The molecular formula is C27H29ClN2O3. The molecule has 172 valence electrons. The van der Waals surface area contributed by atoms with Gasteiger partial charge in [-0.05, 0) is 79.8 Å². The highest BCUT2D eigenvalue weighted by molar-refractivity contribution is 6.31. The number of hydrogen-bond donors (Lipinski definition) is 2. The van der Waals surface area contributed by atoms with Crippen LogP contribution in [0.15, 0.2) is 60.7 Å². The van der Waals surface area contributed by atoms with Crippen LogP contribution in [0.4, 0.5) is 5.69 Å². The molecule has 0 aliphatic carbocycles. The summed E-state index contributed by atoms with van der Waals surface area (Å²) in [5.41, 5.74) is 6.48. The summed E-state index contributed by atoms with van der Waals surface area (Å²) < 4.78 is 0. The van der Waals surface area contributed by atoms with Crippen molar-refractivity contribution < 1.29 is 14.7 Å². The molecule has 2 N–H and O–H groups in total. The van der Waals surface area contributed by atoms with Gasteiger partial charge in [0.2, 0.25) is 0 Å². The molecule has 0 saturated carbocycles. The Balaban J connectivity index is 1.81. The molecule has 3 aromatic carbocycles. The molecule has 0 fully saturated rings. The van der Waals surface area contributed by atoms with Gasteiger partial charge >= 0.3 is 5.97 Å². The van der Waals surface area contributed by atoms with Crippen LogP contribution >= 0.6 is 11.6 Å². The number of rotatable bonds is 7. The van der Waals surface area contributed by atoms with Crippen LogP contribution in [0.1, 0.15) is 46.9 Å². The van der Waals surface area contributed by atoms with Gasteiger partial charge in [0, 0.05) is 29.4 Å². The maximum absolute atomic E-state index is 12.8. The van der Waals surface area contributed by atoms with Crippen molar-refractivity contribution in [3.05, 3.63) is 87.9 Å². The van der Waals surface area contributed by atoms with Gasteiger partial charge in [0.05, 0.1) is 0 Å². The fourth-order valence-electron chi connectivity index (χ4n) is 3.67. The minimum Gasteiger partial charge on any atom is -0.480 e. The van der Waals surface area contributed by atoms with Gasteiger partial charge < -0.3 is 15.3 Å². The standard InChI is InChI=1S/C27H29ClN2O3/c1-16-13-22(9-11-24(16)26(31)30(5)19(4)27(32)33)21-7-6-8-23(15-21)29-18(3)20-10-12-25(28)17(2)14-20/h6-15,18-19,29H,1-5H3,(H,32,33)/t18?,19-/m0/s1. The third-order valence-corrected chi connectivity index (χ3v) is 6.40. The number of amides is 1. The van der Waals surface area contributed by atoms with E-state index in [1.807, 2.05) is 56.3 Å². The largest absolute Gasteiger partial charge is 0.480 e. The first-order chi connectivity index (χ1) is 15.6. The monoisotopic (exact) mass is 464 g/mol. The maximum atomic E-state index is 12.8. The molecule has 0 bridgehead atoms. The lowest BCUT2D eigenvalue weighted by atomic mass is 9.98. The molecule has 3 aromatic rings. The van der Waals surface area contributed by atoms with Crippen LogP contribution in [0, 0.1) is 13.8 Å². The smallest absolute Gasteiger partial charge is 0.326 e. The van der Waals surface area contributed by atoms with Gasteiger partial charge in [0.1, 0.15) is 6.04 Å². The zero-order chi connectivity index (χ0) is 24.3. The Morgan fingerprint density at radius 3 is 2.27 bits per heavy atom. The summed E-state index contributed by atoms with van der Waals surface area (Å²) >= 11 is 6.15. The van der Waals surface area contributed by atoms with E-state index in [2.05, 4.69) is 24.4 Å². The molecule has 1 unspecified atom stereocenters. The maximum Gasteiger partial charge on any atom is 0.326 e. The van der Waals surface area contributed by atoms with Crippen molar-refractivity contribution in [2.24, 2.45) is 0 Å². The van der Waals surface area contributed by atoms with Crippen molar-refractivity contribution in [2.45, 2.75) is 39.8 Å². The van der Waals surface area contributed by atoms with Gasteiger partial charge in [0.25, 0.3) is 5.91 Å². The number of halogens is 1. The lowest BCUT2D eigenvalue weighted by Gasteiger charge is -2.22. The molecule has 1 amide bonds. The Labute approximate surface area is 200 Å². The van der Waals surface area contributed by atoms with E-state index in [1.54, 1.807) is 6.07 Å². The van der Waals surface area contributed by atoms with Crippen LogP contribution in [0.3, 0.4) is 0 Å². The molecule has 0 aromatic heterocycles. The minimum atomic E-state index is -1.03. The summed E-state index contributed by atoms with van der Waals surface area (Å²) in [6, 6.07) is 19.0. The summed E-state index contributed by atoms with van der Waals surface area (Å²) in [5.74, 6) is -1.34. The zero-order valence-corrected chi connectivity index (χ0v) is 20.3. The number of likely N-dealkylation sites (N-methyl/N-ethyl adjacent to an activating group) is 1. The van der Waals surface area contributed by atoms with E-state index in [9.17, 15) is 14.7 Å². The van der Waals surface area contributed by atoms with Crippen LogP contribution < -0.4 is 5.32 Å². The van der Waals surface area contributed by atoms with Crippen molar-refractivity contribution in [1.29, 1.82) is 0 Å². The third-order valence-electron chi connectivity index (χ3n) is 5.98. The van der Waals surface area contributed by atoms with Crippen LogP contribution in [-0.2, 0) is 4.79 Å². The number of benzene rings is 3. The second-order valence-corrected chi connectivity index (χ2v) is 8.82. The Bertz CT molecular complexity index is 1190. The molecular weight excluding hydrogens is 436 g/mol. The van der Waals surface area contributed by atoms with E-state index < -0.39 is 12.0 Å². The minimum absolute atomic E-state index is 0.102. The summed E-state index contributed by atoms with van der Waals surface area (Å²) in [7, 11) is 1.51. The highest BCUT2D eigenvalue weighted by atomic mass is 35.5. The topological polar surface area (TPSA) is 69.6 Å². The average Bonchev–Trinajstić information content (AvgIpc) is 2.79. The van der Waals surface area contributed by atoms with E-state index in [1.165, 1.54) is 18.9 Å². The average molecular weight is 465 g/mol. The summed E-state index contributed by atoms with van der Waals surface area (Å²) in [5, 5.41) is 13.5. The molecule has 0 radical (unpaired) electrons. The normalized spacial score (nSPS) is 12.7. The number of anilines is 1. The Morgan fingerprint density at radius 1 is 0.939 bits per heavy atom. The van der Waals surface area contributed by atoms with Crippen LogP contribution in [0.2, 0.25) is 5.02 Å². The summed E-state index contributed by atoms with van der Waals surface area (Å²) in [4.78, 5) is 25.2. The molecule has 0 aliphatic heterocycles. The van der Waals surface area contributed by atoms with E-state index in [-0.39, 0.29) is 11.9 Å². The first-order valence-corrected chi connectivity index (χ1v) is 11.2. The van der Waals surface area contributed by atoms with Crippen molar-refractivity contribution >= 4 is 29.2 Å². The number of aryl methyl sites for hydroxylation is 2. The second kappa shape index (κ2) is 10.1. The number of nitrogens with one attached hydrogen (secondary N) is 1. The van der Waals surface area contributed by atoms with Gasteiger partial charge in [-0.1, -0.05) is 48.0 Å². The number of hydrogen-bond acceptors (Lipinski definition) is 3. The van der Waals surface area contributed by atoms with Gasteiger partial charge in [-0.15, -0.1) is 0 Å². The van der Waals surface area contributed by atoms with Gasteiger partial charge in [0.15, 0.2) is 0 Å². The number of carboxylic acids is 1. The Hall–Kier alpha value is -3.31. The zero-order valence-electron chi connectivity index (χ0n) is 19.5. The molecule has 0 aliphatic rings. The van der Waals surface area contributed by atoms with Crippen molar-refractivity contribution in [1.82, 2.24) is 4.90 Å². The third kappa shape index (κ3) is 5.55. The molecule has 0 heterocycles. The molecule has 33 heavy (non-hydrogen) atoms. The number of carbonyl (C=O) groups excluding carboxylic acids is 1. The van der Waals surface area contributed by atoms with E-state index in [0.717, 1.165) is 38.5 Å². The quantitative estimate of drug-likeness (QED) is 0.428. The Morgan fingerprint density at radius 2 is 1.64 bits per heavy atom. The highest BCUT2D eigenvalue weighted by Gasteiger charge is 2.23. The fraction of sp³-hybridized carbons (Fsp3) is 0.259. The molecule has 3 rings (SSSR count). The molecule has 0 spiro atoms. The molecule has 5 nitrogen and oxygen atoms in total. The van der Waals surface area contributed by atoms with Crippen molar-refractivity contribution in [3.8, 4) is 11.1 Å². The van der Waals surface area contributed by atoms with Crippen LogP contribution in [-0.4, -0.2) is 35.0 Å². The number of nitrogens with zero attached hydrogens (tertiary/aromatic N) is 1. The molecule has 0 saturated heterocycles. The van der Waals surface area contributed by atoms with E-state index >= 15 is 0 Å². The Kier molecular flexibility index (Phi) is 7.44. The lowest BCUT2D eigenvalue weighted by Crippen LogP contribution is -2.40.